The van der Waals surface area contributed by atoms with Crippen molar-refractivity contribution in [1.29, 1.82) is 0 Å². The molecule has 2 atom stereocenters. The molecule has 2 N–H and O–H groups in total. The maximum Gasteiger partial charge on any atom is 0.433 e. The van der Waals surface area contributed by atoms with Crippen LogP contribution in [0.15, 0.2) is 30.3 Å². The highest BCUT2D eigenvalue weighted by Crippen LogP contribution is 2.34. The number of likely N-dealkylation sites (N-methyl/N-ethyl adjacent to an activating group) is 1. The summed E-state index contributed by atoms with van der Waals surface area (Å²) in [6.07, 6.45) is -2.79. The molecule has 1 aromatic heterocycles. The third-order valence-corrected chi connectivity index (χ3v) is 6.72. The number of hydrogen-bond donors (Lipinski definition) is 2. The smallest absolute Gasteiger partial charge is 0.351 e. The number of hydrogen-bond acceptors (Lipinski definition) is 6. The number of alkyl halides is 3. The number of pyridine rings is 1. The van der Waals surface area contributed by atoms with E-state index in [-0.39, 0.29) is 35.1 Å². The Bertz CT molecular complexity index is 1320. The molecule has 0 aliphatic carbocycles. The van der Waals surface area contributed by atoms with Crippen LogP contribution in [-0.4, -0.2) is 63.1 Å². The molecule has 2 heterocycles. The predicted octanol–water partition coefficient (Wildman–Crippen LogP) is 3.09. The Morgan fingerprint density at radius 2 is 1.89 bits per heavy atom. The van der Waals surface area contributed by atoms with Gasteiger partial charge in [0.1, 0.15) is 23.4 Å². The van der Waals surface area contributed by atoms with Gasteiger partial charge in [0.25, 0.3) is 0 Å². The Kier molecular flexibility index (Phi) is 8.54. The number of carbonyl (C=O) groups excluding carboxylic acids is 2. The van der Waals surface area contributed by atoms with Crippen LogP contribution in [0.25, 0.3) is 0 Å². The van der Waals surface area contributed by atoms with Gasteiger partial charge in [0.05, 0.1) is 17.9 Å². The molecule has 1 saturated heterocycles. The van der Waals surface area contributed by atoms with E-state index in [4.69, 9.17) is 0 Å². The van der Waals surface area contributed by atoms with E-state index >= 15 is 0 Å². The maximum absolute atomic E-state index is 14.4. The number of carbonyl (C=O) groups is 2. The number of amides is 2. The minimum atomic E-state index is -4.70. The van der Waals surface area contributed by atoms with E-state index in [1.807, 2.05) is 4.72 Å². The first-order valence-corrected chi connectivity index (χ1v) is 13.6. The minimum absolute atomic E-state index is 0.0345. The Hall–Kier alpha value is -3.42. The fourth-order valence-electron chi connectivity index (χ4n) is 4.17. The van der Waals surface area contributed by atoms with E-state index in [9.17, 15) is 35.6 Å². The van der Waals surface area contributed by atoms with Crippen molar-refractivity contribution in [3.05, 3.63) is 53.0 Å². The largest absolute Gasteiger partial charge is 0.433 e. The topological polar surface area (TPSA) is 112 Å². The van der Waals surface area contributed by atoms with Crippen LogP contribution in [0.5, 0.6) is 0 Å². The van der Waals surface area contributed by atoms with Crippen LogP contribution in [0.4, 0.5) is 29.1 Å². The molecule has 1 aromatic carbocycles. The molecule has 208 valence electrons. The van der Waals surface area contributed by atoms with Crippen molar-refractivity contribution in [1.82, 2.24) is 15.2 Å². The fraction of sp³-hybridized carbons (Fsp3) is 0.458. The van der Waals surface area contributed by atoms with E-state index < -0.39 is 45.6 Å². The Morgan fingerprint density at radius 3 is 2.47 bits per heavy atom. The minimum Gasteiger partial charge on any atom is -0.351 e. The van der Waals surface area contributed by atoms with Gasteiger partial charge in [0.2, 0.25) is 21.8 Å². The summed E-state index contributed by atoms with van der Waals surface area (Å²) in [5.74, 6) is -2.57. The number of anilines is 2. The van der Waals surface area contributed by atoms with Crippen LogP contribution < -0.4 is 14.9 Å². The zero-order chi connectivity index (χ0) is 28.4. The average molecular weight is 560 g/mol. The molecule has 0 unspecified atom stereocenters. The lowest BCUT2D eigenvalue weighted by Gasteiger charge is -2.29. The lowest BCUT2D eigenvalue weighted by Crippen LogP contribution is -2.43. The number of nitrogens with zero attached hydrogens (tertiary/aromatic N) is 3. The number of nitrogens with one attached hydrogen (secondary N) is 2. The van der Waals surface area contributed by atoms with Gasteiger partial charge in [-0.15, -0.1) is 0 Å². The Morgan fingerprint density at radius 1 is 1.21 bits per heavy atom. The van der Waals surface area contributed by atoms with E-state index in [0.29, 0.717) is 19.4 Å². The third-order valence-electron chi connectivity index (χ3n) is 6.13. The second-order valence-corrected chi connectivity index (χ2v) is 11.1. The molecular weight excluding hydrogens is 530 g/mol. The first-order chi connectivity index (χ1) is 17.6. The lowest BCUT2D eigenvalue weighted by atomic mass is 9.99. The van der Waals surface area contributed by atoms with E-state index in [0.717, 1.165) is 18.4 Å². The molecule has 1 aliphatic heterocycles. The quantitative estimate of drug-likeness (QED) is 0.481. The van der Waals surface area contributed by atoms with Crippen LogP contribution in [0.1, 0.15) is 42.5 Å². The molecule has 9 nitrogen and oxygen atoms in total. The Labute approximate surface area is 218 Å². The summed E-state index contributed by atoms with van der Waals surface area (Å²) in [6.45, 7) is 1.65. The summed E-state index contributed by atoms with van der Waals surface area (Å²) in [5, 5.41) is 2.64. The number of halogens is 4. The van der Waals surface area contributed by atoms with Crippen molar-refractivity contribution in [3.8, 4) is 0 Å². The average Bonchev–Trinajstić information content (AvgIpc) is 3.30. The highest BCUT2D eigenvalue weighted by molar-refractivity contribution is 7.92. The number of rotatable bonds is 8. The van der Waals surface area contributed by atoms with Gasteiger partial charge in [-0.3, -0.25) is 14.3 Å². The summed E-state index contributed by atoms with van der Waals surface area (Å²) in [4.78, 5) is 32.2. The molecule has 0 radical (unpaired) electrons. The second-order valence-electron chi connectivity index (χ2n) is 9.31. The molecule has 2 amide bonds. The van der Waals surface area contributed by atoms with E-state index in [1.54, 1.807) is 14.1 Å². The zero-order valence-electron chi connectivity index (χ0n) is 21.3. The SMILES string of the molecule is C[C@H](C(=O)NCc1ccc(C(F)(F)F)nc1N1CCC[C@H]1C(=O)N(C)C)c1ccc(NS(C)(=O)=O)c(F)c1. The van der Waals surface area contributed by atoms with Crippen molar-refractivity contribution < 1.29 is 35.6 Å². The van der Waals surface area contributed by atoms with Gasteiger partial charge in [0.15, 0.2) is 0 Å². The van der Waals surface area contributed by atoms with Gasteiger partial charge >= 0.3 is 6.18 Å². The molecular formula is C24H29F4N5O4S. The molecule has 38 heavy (non-hydrogen) atoms. The molecule has 0 spiro atoms. The number of benzene rings is 1. The maximum atomic E-state index is 14.4. The summed E-state index contributed by atoms with van der Waals surface area (Å²) >= 11 is 0. The standard InChI is InChI=1S/C24H29F4N5O4S/c1-14(15-7-9-18(17(25)12-15)31-38(4,36)37)22(34)29-13-16-8-10-20(24(26,27)28)30-21(16)33-11-5-6-19(33)23(35)32(2)3/h7-10,12,14,19,31H,5-6,11,13H2,1-4H3,(H,29,34)/t14-,19-/m0/s1. The van der Waals surface area contributed by atoms with Gasteiger partial charge in [-0.2, -0.15) is 13.2 Å². The summed E-state index contributed by atoms with van der Waals surface area (Å²) in [5.41, 5.74) is -0.828. The van der Waals surface area contributed by atoms with Gasteiger partial charge in [-0.05, 0) is 43.5 Å². The highest BCUT2D eigenvalue weighted by atomic mass is 32.2. The molecule has 0 saturated carbocycles. The molecule has 0 bridgehead atoms. The van der Waals surface area contributed by atoms with Gasteiger partial charge in [-0.1, -0.05) is 12.1 Å². The van der Waals surface area contributed by atoms with Crippen LogP contribution in [-0.2, 0) is 32.3 Å². The lowest BCUT2D eigenvalue weighted by molar-refractivity contribution is -0.141. The third kappa shape index (κ3) is 6.91. The van der Waals surface area contributed by atoms with E-state index in [1.165, 1.54) is 34.9 Å². The molecule has 14 heteroatoms. The van der Waals surface area contributed by atoms with Crippen LogP contribution >= 0.6 is 0 Å². The van der Waals surface area contributed by atoms with Gasteiger partial charge in [-0.25, -0.2) is 17.8 Å². The van der Waals surface area contributed by atoms with E-state index in [2.05, 4.69) is 10.3 Å². The Balaban J connectivity index is 1.83. The number of aromatic nitrogens is 1. The fourth-order valence-corrected chi connectivity index (χ4v) is 4.73. The summed E-state index contributed by atoms with van der Waals surface area (Å²) in [6, 6.07) is 4.98. The second kappa shape index (κ2) is 11.1. The number of sulfonamides is 1. The summed E-state index contributed by atoms with van der Waals surface area (Å²) in [7, 11) is -0.574. The molecule has 1 fully saturated rings. The van der Waals surface area contributed by atoms with Crippen molar-refractivity contribution in [2.45, 2.75) is 44.4 Å². The van der Waals surface area contributed by atoms with Crippen LogP contribution in [0, 0.1) is 5.82 Å². The highest BCUT2D eigenvalue weighted by Gasteiger charge is 2.37. The molecule has 3 rings (SSSR count). The first kappa shape index (κ1) is 29.1. The van der Waals surface area contributed by atoms with Crippen molar-refractivity contribution in [2.75, 3.05) is 36.5 Å². The monoisotopic (exact) mass is 559 g/mol. The van der Waals surface area contributed by atoms with Crippen molar-refractivity contribution in [3.63, 3.8) is 0 Å². The van der Waals surface area contributed by atoms with Crippen molar-refractivity contribution in [2.24, 2.45) is 0 Å². The predicted molar refractivity (Wildman–Crippen MR) is 133 cm³/mol. The summed E-state index contributed by atoms with van der Waals surface area (Å²) < 4.78 is 79.4. The van der Waals surface area contributed by atoms with Gasteiger partial charge in [0, 0.05) is 32.7 Å². The van der Waals surface area contributed by atoms with Crippen LogP contribution in [0.3, 0.4) is 0 Å². The first-order valence-electron chi connectivity index (χ1n) is 11.7. The zero-order valence-corrected chi connectivity index (χ0v) is 22.1. The van der Waals surface area contributed by atoms with Crippen LogP contribution in [0.2, 0.25) is 0 Å². The van der Waals surface area contributed by atoms with Crippen molar-refractivity contribution >= 4 is 33.3 Å². The molecule has 2 aromatic rings. The normalized spacial score (nSPS) is 16.7. The molecule has 1 aliphatic rings. The van der Waals surface area contributed by atoms with Gasteiger partial charge < -0.3 is 15.1 Å².